The van der Waals surface area contributed by atoms with Crippen molar-refractivity contribution in [2.75, 3.05) is 39.7 Å². The Morgan fingerprint density at radius 3 is 2.45 bits per heavy atom. The number of benzene rings is 1. The van der Waals surface area contributed by atoms with Gasteiger partial charge in [0.05, 0.1) is 25.6 Å². The molecular weight excluding hydrogens is 420 g/mol. The molecule has 1 rings (SSSR count). The van der Waals surface area contributed by atoms with E-state index >= 15 is 0 Å². The van der Waals surface area contributed by atoms with Crippen LogP contribution >= 0.6 is 0 Å². The van der Waals surface area contributed by atoms with Crippen LogP contribution in [0.4, 0.5) is 0 Å². The van der Waals surface area contributed by atoms with E-state index in [-0.39, 0.29) is 18.2 Å². The van der Waals surface area contributed by atoms with Crippen molar-refractivity contribution in [2.24, 2.45) is 17.6 Å². The number of aliphatic hydroxyl groups is 1. The second-order valence-corrected chi connectivity index (χ2v) is 10.2. The van der Waals surface area contributed by atoms with Crippen molar-refractivity contribution in [3.05, 3.63) is 23.8 Å². The minimum Gasteiger partial charge on any atom is -0.493 e. The normalized spacial score (nSPS) is 15.0. The van der Waals surface area contributed by atoms with Gasteiger partial charge in [-0.25, -0.2) is 13.1 Å². The standard InChI is InChI=1S/C22H40N2O6S/c1-6-31(26,27)24-15-20(25)19(23)14-18(16(2)3)12-17-8-9-21(29-5)22(13-17)30-11-7-10-28-4/h8-9,13,16,18-20,24-25H,6-7,10-12,14-15,23H2,1-5H3. The molecule has 8 nitrogen and oxygen atoms in total. The van der Waals surface area contributed by atoms with Gasteiger partial charge in [0.1, 0.15) is 0 Å². The molecule has 0 spiro atoms. The Morgan fingerprint density at radius 1 is 1.16 bits per heavy atom. The van der Waals surface area contributed by atoms with Crippen LogP contribution in [0.5, 0.6) is 11.5 Å². The van der Waals surface area contributed by atoms with Crippen molar-refractivity contribution >= 4 is 10.0 Å². The fourth-order valence-corrected chi connectivity index (χ4v) is 3.84. The molecule has 180 valence electrons. The minimum atomic E-state index is -3.36. The maximum Gasteiger partial charge on any atom is 0.211 e. The van der Waals surface area contributed by atoms with E-state index in [1.165, 1.54) is 0 Å². The van der Waals surface area contributed by atoms with E-state index in [2.05, 4.69) is 18.6 Å². The van der Waals surface area contributed by atoms with E-state index in [1.807, 2.05) is 18.2 Å². The smallest absolute Gasteiger partial charge is 0.211 e. The molecular formula is C22H40N2O6S. The van der Waals surface area contributed by atoms with Gasteiger partial charge >= 0.3 is 0 Å². The second kappa shape index (κ2) is 13.9. The number of rotatable bonds is 16. The SMILES string of the molecule is CCS(=O)(=O)NCC(O)C(N)CC(Cc1ccc(OC)c(OCCCOC)c1)C(C)C. The molecule has 1 aromatic carbocycles. The zero-order valence-electron chi connectivity index (χ0n) is 19.5. The zero-order valence-corrected chi connectivity index (χ0v) is 20.3. The molecule has 3 unspecified atom stereocenters. The van der Waals surface area contributed by atoms with E-state index in [9.17, 15) is 13.5 Å². The van der Waals surface area contributed by atoms with Crippen molar-refractivity contribution in [2.45, 2.75) is 52.2 Å². The Bertz CT molecular complexity index is 742. The van der Waals surface area contributed by atoms with Gasteiger partial charge in [-0.15, -0.1) is 0 Å². The Kier molecular flexibility index (Phi) is 12.4. The molecule has 0 bridgehead atoms. The van der Waals surface area contributed by atoms with Crippen LogP contribution in [0, 0.1) is 11.8 Å². The van der Waals surface area contributed by atoms with Crippen molar-refractivity contribution in [1.29, 1.82) is 0 Å². The first kappa shape index (κ1) is 27.6. The number of nitrogens with two attached hydrogens (primary N) is 1. The molecule has 0 heterocycles. The maximum absolute atomic E-state index is 11.6. The maximum atomic E-state index is 11.6. The summed E-state index contributed by atoms with van der Waals surface area (Å²) in [5.74, 6) is 1.88. The average molecular weight is 461 g/mol. The van der Waals surface area contributed by atoms with Gasteiger partial charge in [0, 0.05) is 32.7 Å². The first-order chi connectivity index (χ1) is 14.6. The van der Waals surface area contributed by atoms with Crippen LogP contribution in [0.2, 0.25) is 0 Å². The van der Waals surface area contributed by atoms with Gasteiger partial charge in [-0.2, -0.15) is 0 Å². The fraction of sp³-hybridized carbons (Fsp3) is 0.727. The summed E-state index contributed by atoms with van der Waals surface area (Å²) >= 11 is 0. The van der Waals surface area contributed by atoms with E-state index in [0.717, 1.165) is 18.4 Å². The number of methoxy groups -OCH3 is 2. The van der Waals surface area contributed by atoms with Crippen LogP contribution in [0.15, 0.2) is 18.2 Å². The van der Waals surface area contributed by atoms with Gasteiger partial charge in [-0.1, -0.05) is 19.9 Å². The summed E-state index contributed by atoms with van der Waals surface area (Å²) in [6.07, 6.45) is 1.17. The zero-order chi connectivity index (χ0) is 23.4. The summed E-state index contributed by atoms with van der Waals surface area (Å²) in [4.78, 5) is 0. The molecule has 0 saturated heterocycles. The fourth-order valence-electron chi connectivity index (χ4n) is 3.21. The van der Waals surface area contributed by atoms with Gasteiger partial charge < -0.3 is 25.1 Å². The second-order valence-electron chi connectivity index (χ2n) is 8.11. The molecule has 0 aliphatic rings. The van der Waals surface area contributed by atoms with Crippen LogP contribution in [0.25, 0.3) is 0 Å². The Hall–Kier alpha value is -1.39. The summed E-state index contributed by atoms with van der Waals surface area (Å²) in [5.41, 5.74) is 7.30. The van der Waals surface area contributed by atoms with Gasteiger partial charge in [-0.05, 0) is 49.3 Å². The predicted octanol–water partition coefficient (Wildman–Crippen LogP) is 1.94. The lowest BCUT2D eigenvalue weighted by atomic mass is 9.83. The van der Waals surface area contributed by atoms with Crippen LogP contribution < -0.4 is 19.9 Å². The lowest BCUT2D eigenvalue weighted by Crippen LogP contribution is -2.45. The summed E-state index contributed by atoms with van der Waals surface area (Å²) in [6.45, 7) is 6.88. The van der Waals surface area contributed by atoms with Gasteiger partial charge in [-0.3, -0.25) is 0 Å². The van der Waals surface area contributed by atoms with Crippen LogP contribution in [-0.4, -0.2) is 65.4 Å². The number of nitrogens with one attached hydrogen (secondary N) is 1. The Labute approximate surface area is 187 Å². The van der Waals surface area contributed by atoms with Gasteiger partial charge in [0.2, 0.25) is 10.0 Å². The molecule has 0 amide bonds. The lowest BCUT2D eigenvalue weighted by Gasteiger charge is -2.27. The summed E-state index contributed by atoms with van der Waals surface area (Å²) < 4.78 is 41.9. The van der Waals surface area contributed by atoms with E-state index in [4.69, 9.17) is 19.9 Å². The molecule has 0 aliphatic heterocycles. The molecule has 3 atom stereocenters. The van der Waals surface area contributed by atoms with Crippen LogP contribution in [0.1, 0.15) is 39.2 Å². The van der Waals surface area contributed by atoms with E-state index in [0.29, 0.717) is 37.1 Å². The topological polar surface area (TPSA) is 120 Å². The number of hydrogen-bond donors (Lipinski definition) is 3. The van der Waals surface area contributed by atoms with Crippen molar-refractivity contribution < 1.29 is 27.7 Å². The third-order valence-corrected chi connectivity index (χ3v) is 6.75. The van der Waals surface area contributed by atoms with E-state index in [1.54, 1.807) is 21.1 Å². The Morgan fingerprint density at radius 2 is 1.87 bits per heavy atom. The first-order valence-electron chi connectivity index (χ1n) is 10.8. The average Bonchev–Trinajstić information content (AvgIpc) is 2.74. The molecule has 0 radical (unpaired) electrons. The van der Waals surface area contributed by atoms with Crippen LogP contribution in [0.3, 0.4) is 0 Å². The molecule has 31 heavy (non-hydrogen) atoms. The highest BCUT2D eigenvalue weighted by atomic mass is 32.2. The quantitative estimate of drug-likeness (QED) is 0.322. The molecule has 9 heteroatoms. The van der Waals surface area contributed by atoms with Gasteiger partial charge in [0.25, 0.3) is 0 Å². The predicted molar refractivity (Wildman–Crippen MR) is 123 cm³/mol. The molecule has 1 aromatic rings. The summed E-state index contributed by atoms with van der Waals surface area (Å²) in [7, 11) is -0.0909. The third kappa shape index (κ3) is 10.2. The summed E-state index contributed by atoms with van der Waals surface area (Å²) in [5, 5.41) is 10.3. The number of aliphatic hydroxyl groups excluding tert-OH is 1. The Balaban J connectivity index is 2.78. The first-order valence-corrected chi connectivity index (χ1v) is 12.5. The van der Waals surface area contributed by atoms with Crippen LogP contribution in [-0.2, 0) is 21.2 Å². The number of hydrogen-bond acceptors (Lipinski definition) is 7. The van der Waals surface area contributed by atoms with Gasteiger partial charge in [0.15, 0.2) is 11.5 Å². The highest BCUT2D eigenvalue weighted by Crippen LogP contribution is 2.31. The number of ether oxygens (including phenoxy) is 3. The molecule has 0 aromatic heterocycles. The third-order valence-electron chi connectivity index (χ3n) is 5.38. The molecule has 0 aliphatic carbocycles. The molecule has 4 N–H and O–H groups in total. The van der Waals surface area contributed by atoms with Crippen molar-refractivity contribution in [1.82, 2.24) is 4.72 Å². The highest BCUT2D eigenvalue weighted by Gasteiger charge is 2.24. The molecule has 0 fully saturated rings. The number of sulfonamides is 1. The van der Waals surface area contributed by atoms with E-state index < -0.39 is 22.2 Å². The lowest BCUT2D eigenvalue weighted by molar-refractivity contribution is 0.129. The minimum absolute atomic E-state index is 0.0308. The largest absolute Gasteiger partial charge is 0.493 e. The monoisotopic (exact) mass is 460 g/mol. The summed E-state index contributed by atoms with van der Waals surface area (Å²) in [6, 6.07) is 5.36. The van der Waals surface area contributed by atoms with Crippen molar-refractivity contribution in [3.63, 3.8) is 0 Å². The molecule has 0 saturated carbocycles. The highest BCUT2D eigenvalue weighted by molar-refractivity contribution is 7.89. The van der Waals surface area contributed by atoms with Crippen molar-refractivity contribution in [3.8, 4) is 11.5 Å².